The van der Waals surface area contributed by atoms with Crippen molar-refractivity contribution in [3.05, 3.63) is 0 Å². The van der Waals surface area contributed by atoms with Gasteiger partial charge in [0.1, 0.15) is 11.2 Å². The maximum Gasteiger partial charge on any atom is 0.404 e. The van der Waals surface area contributed by atoms with Crippen molar-refractivity contribution < 1.29 is 32.2 Å². The number of ether oxygens (including phenoxy) is 2. The van der Waals surface area contributed by atoms with Gasteiger partial charge in [-0.15, -0.1) is 0 Å². The van der Waals surface area contributed by atoms with Gasteiger partial charge < -0.3 is 9.47 Å². The van der Waals surface area contributed by atoms with E-state index < -0.39 is 23.2 Å². The molecule has 0 radical (unpaired) electrons. The Morgan fingerprint density at radius 2 is 1.26 bits per heavy atom. The summed E-state index contributed by atoms with van der Waals surface area (Å²) in [5.74, 6) is 7.42. The molecule has 11 aliphatic carbocycles. The molecular weight excluding hydrogens is 601 g/mol. The summed E-state index contributed by atoms with van der Waals surface area (Å²) in [7, 11) is 0. The highest BCUT2D eigenvalue weighted by Gasteiger charge is 2.74. The number of carbonyl (C=O) groups excluding carboxylic acids is 2. The Kier molecular flexibility index (Phi) is 8.27. The monoisotopic (exact) mass is 662 g/mol. The lowest BCUT2D eigenvalue weighted by atomic mass is 9.28. The summed E-state index contributed by atoms with van der Waals surface area (Å²) in [4.78, 5) is 25.2. The highest BCUT2D eigenvalue weighted by Crippen LogP contribution is 2.78. The van der Waals surface area contributed by atoms with Gasteiger partial charge in [-0.2, -0.15) is 13.2 Å². The van der Waals surface area contributed by atoms with Gasteiger partial charge in [-0.1, -0.05) is 27.7 Å². The minimum Gasteiger partial charge on any atom is -0.459 e. The summed E-state index contributed by atoms with van der Waals surface area (Å²) in [5, 5.41) is 0. The van der Waals surface area contributed by atoms with Gasteiger partial charge in [0.05, 0.1) is 5.92 Å². The predicted molar refractivity (Wildman–Crippen MR) is 175 cm³/mol. The molecular formula is C40H61F3O4. The van der Waals surface area contributed by atoms with Gasteiger partial charge in [-0.25, -0.2) is 0 Å². The number of halogens is 3. The molecule has 11 fully saturated rings. The van der Waals surface area contributed by atoms with Crippen molar-refractivity contribution >= 4 is 11.9 Å². The van der Waals surface area contributed by atoms with Crippen LogP contribution in [0.4, 0.5) is 13.2 Å². The first-order chi connectivity index (χ1) is 22.0. The standard InChI is InChI=1S/C22H34O2.C18H27F3O2/c1-5-12(2)20(23)24-21(3,4)22-11-14-7-16-15-6-13(9-18(16)22)10-19(22)17(15)8-14;1-4-16(3,18(19,20)21)15(22)23-17(5-2)13-7-11-6-12(9-13)10-14(17)8-11/h12-19H,5-11H2,1-4H3;11-14H,4-10H2,1-3H3. The number of esters is 2. The van der Waals surface area contributed by atoms with Gasteiger partial charge in [0.2, 0.25) is 0 Å². The normalized spacial score (nSPS) is 46.9. The zero-order valence-electron chi connectivity index (χ0n) is 30.1. The SMILES string of the molecule is CCC(C)C(=O)OC(C)(C)C12CC3CC4C5CC(CC41)CC2C5C3.CCC1(OC(=O)C(C)(CC)C(F)(F)F)C2CC3CC(C2)CC1C3. The first-order valence-corrected chi connectivity index (χ1v) is 19.6. The predicted octanol–water partition coefficient (Wildman–Crippen LogP) is 10.2. The van der Waals surface area contributed by atoms with E-state index >= 15 is 0 Å². The van der Waals surface area contributed by atoms with Crippen LogP contribution in [0.5, 0.6) is 0 Å². The maximum atomic E-state index is 13.4. The number of alkyl halides is 3. The van der Waals surface area contributed by atoms with E-state index in [1.165, 1.54) is 51.9 Å². The molecule has 0 aromatic rings. The van der Waals surface area contributed by atoms with Crippen molar-refractivity contribution in [2.45, 2.75) is 156 Å². The topological polar surface area (TPSA) is 52.6 Å². The lowest BCUT2D eigenvalue weighted by Crippen LogP contribution is -2.73. The minimum atomic E-state index is -4.57. The molecule has 47 heavy (non-hydrogen) atoms. The Balaban J connectivity index is 0.000000150. The van der Waals surface area contributed by atoms with Gasteiger partial charge in [-0.05, 0) is 176 Å². The fourth-order valence-corrected chi connectivity index (χ4v) is 14.3. The van der Waals surface area contributed by atoms with Crippen molar-refractivity contribution in [2.75, 3.05) is 0 Å². The maximum absolute atomic E-state index is 13.4. The van der Waals surface area contributed by atoms with E-state index in [0.29, 0.717) is 23.7 Å². The van der Waals surface area contributed by atoms with Crippen molar-refractivity contribution in [2.24, 2.45) is 81.8 Å². The Bertz CT molecular complexity index is 1190. The molecule has 0 aromatic carbocycles. The molecule has 0 amide bonds. The van der Waals surface area contributed by atoms with Crippen LogP contribution in [0.3, 0.4) is 0 Å². The van der Waals surface area contributed by atoms with Crippen molar-refractivity contribution in [1.82, 2.24) is 0 Å². The van der Waals surface area contributed by atoms with Crippen LogP contribution in [-0.2, 0) is 19.1 Å². The molecule has 6 atom stereocenters. The molecule has 11 saturated carbocycles. The van der Waals surface area contributed by atoms with Crippen molar-refractivity contribution in [3.63, 3.8) is 0 Å². The summed E-state index contributed by atoms with van der Waals surface area (Å²) >= 11 is 0. The summed E-state index contributed by atoms with van der Waals surface area (Å²) < 4.78 is 52.3. The summed E-state index contributed by atoms with van der Waals surface area (Å²) in [6.07, 6.45) is 10.7. The van der Waals surface area contributed by atoms with Crippen LogP contribution in [0.1, 0.15) is 138 Å². The fourth-order valence-electron chi connectivity index (χ4n) is 14.3. The lowest BCUT2D eigenvalue weighted by Gasteiger charge is -2.77. The zero-order valence-corrected chi connectivity index (χ0v) is 30.1. The second-order valence-corrected chi connectivity index (χ2v) is 18.8. The van der Waals surface area contributed by atoms with E-state index in [9.17, 15) is 22.8 Å². The molecule has 6 unspecified atom stereocenters. The summed E-state index contributed by atoms with van der Waals surface area (Å²) in [5.41, 5.74) is -3.05. The lowest BCUT2D eigenvalue weighted by molar-refractivity contribution is -0.309. The van der Waals surface area contributed by atoms with E-state index in [-0.39, 0.29) is 35.7 Å². The minimum absolute atomic E-state index is 0.0337. The first-order valence-electron chi connectivity index (χ1n) is 19.6. The summed E-state index contributed by atoms with van der Waals surface area (Å²) in [6, 6.07) is 0. The highest BCUT2D eigenvalue weighted by molar-refractivity contribution is 5.78. The first kappa shape index (κ1) is 34.2. The average molecular weight is 663 g/mol. The number of carbonyl (C=O) groups is 2. The number of hydrogen-bond acceptors (Lipinski definition) is 4. The second kappa shape index (κ2) is 11.4. The third-order valence-electron chi connectivity index (χ3n) is 16.7. The smallest absolute Gasteiger partial charge is 0.404 e. The largest absolute Gasteiger partial charge is 0.459 e. The van der Waals surface area contributed by atoms with E-state index in [4.69, 9.17) is 9.47 Å². The Morgan fingerprint density at radius 1 is 0.745 bits per heavy atom. The van der Waals surface area contributed by atoms with Crippen LogP contribution >= 0.6 is 0 Å². The Morgan fingerprint density at radius 3 is 1.72 bits per heavy atom. The van der Waals surface area contributed by atoms with Crippen LogP contribution in [-0.4, -0.2) is 29.3 Å². The van der Waals surface area contributed by atoms with E-state index in [2.05, 4.69) is 20.8 Å². The Hall–Kier alpha value is -1.27. The molecule has 0 N–H and O–H groups in total. The van der Waals surface area contributed by atoms with E-state index in [1.807, 2.05) is 13.8 Å². The van der Waals surface area contributed by atoms with Crippen molar-refractivity contribution in [1.29, 1.82) is 0 Å². The van der Waals surface area contributed by atoms with Crippen LogP contribution in [0, 0.1) is 81.8 Å². The third-order valence-corrected chi connectivity index (χ3v) is 16.7. The average Bonchev–Trinajstić information content (AvgIpc) is 3.03. The fraction of sp³-hybridized carbons (Fsp3) is 0.950. The van der Waals surface area contributed by atoms with Crippen LogP contribution in [0.2, 0.25) is 0 Å². The zero-order chi connectivity index (χ0) is 33.9. The molecule has 12 bridgehead atoms. The number of hydrogen-bond donors (Lipinski definition) is 0. The van der Waals surface area contributed by atoms with Gasteiger partial charge in [-0.3, -0.25) is 9.59 Å². The van der Waals surface area contributed by atoms with Gasteiger partial charge in [0.15, 0.2) is 5.41 Å². The highest BCUT2D eigenvalue weighted by atomic mass is 19.4. The van der Waals surface area contributed by atoms with Gasteiger partial charge in [0.25, 0.3) is 0 Å². The second-order valence-electron chi connectivity index (χ2n) is 18.8. The number of rotatable bonds is 8. The molecule has 0 aromatic heterocycles. The van der Waals surface area contributed by atoms with E-state index in [0.717, 1.165) is 80.5 Å². The molecule has 0 aliphatic heterocycles. The van der Waals surface area contributed by atoms with Gasteiger partial charge in [0, 0.05) is 5.41 Å². The van der Waals surface area contributed by atoms with Crippen LogP contribution < -0.4 is 0 Å². The van der Waals surface area contributed by atoms with Gasteiger partial charge >= 0.3 is 18.1 Å². The molecule has 0 saturated heterocycles. The third kappa shape index (κ3) is 4.85. The quantitative estimate of drug-likeness (QED) is 0.243. The van der Waals surface area contributed by atoms with Crippen LogP contribution in [0.15, 0.2) is 0 Å². The molecule has 266 valence electrons. The molecule has 0 heterocycles. The van der Waals surface area contributed by atoms with Crippen molar-refractivity contribution in [3.8, 4) is 0 Å². The summed E-state index contributed by atoms with van der Waals surface area (Å²) in [6.45, 7) is 13.0. The van der Waals surface area contributed by atoms with E-state index in [1.54, 1.807) is 0 Å². The molecule has 0 spiro atoms. The Labute approximate surface area is 281 Å². The molecule has 4 nitrogen and oxygen atoms in total. The molecule has 11 rings (SSSR count). The molecule has 7 heteroatoms. The molecule has 11 aliphatic rings. The van der Waals surface area contributed by atoms with Crippen LogP contribution in [0.25, 0.3) is 0 Å².